The fourth-order valence-corrected chi connectivity index (χ4v) is 0.894. The molecule has 0 bridgehead atoms. The van der Waals surface area contributed by atoms with E-state index < -0.39 is 8.60 Å². The third-order valence-electron chi connectivity index (χ3n) is 1.40. The zero-order valence-corrected chi connectivity index (χ0v) is 16.2. The molecule has 0 saturated heterocycles. The standard InChI is InChI=1S/C6H15O4P.C3H8N.C2H6.W/c1-6(2,4-7)5-10-11(8)9-3;1-2-3-4;1-2;/h7-8H,4-5H2,1-3H3;4H,2-3H2,1H3;1-2H3;/q;-1;;. The Bertz CT molecular complexity index is 140. The maximum Gasteiger partial charge on any atom is 0.329 e. The van der Waals surface area contributed by atoms with Crippen LogP contribution >= 0.6 is 8.60 Å². The predicted octanol–water partition coefficient (Wildman–Crippen LogP) is 3.36. The van der Waals surface area contributed by atoms with Crippen molar-refractivity contribution in [2.24, 2.45) is 5.41 Å². The van der Waals surface area contributed by atoms with Crippen molar-refractivity contribution in [1.29, 1.82) is 0 Å². The van der Waals surface area contributed by atoms with Crippen LogP contribution in [0.4, 0.5) is 0 Å². The zero-order valence-electron chi connectivity index (χ0n) is 12.4. The minimum atomic E-state index is -1.76. The Balaban J connectivity index is -0.000000119. The third-order valence-corrected chi connectivity index (χ3v) is 2.06. The summed E-state index contributed by atoms with van der Waals surface area (Å²) in [5.41, 5.74) is 6.13. The van der Waals surface area contributed by atoms with E-state index in [-0.39, 0.29) is 33.1 Å². The van der Waals surface area contributed by atoms with E-state index in [4.69, 9.17) is 20.3 Å². The number of rotatable bonds is 6. The topological polar surface area (TPSA) is 82.7 Å². The molecule has 0 aromatic carbocycles. The van der Waals surface area contributed by atoms with Gasteiger partial charge in [0.15, 0.2) is 0 Å². The summed E-state index contributed by atoms with van der Waals surface area (Å²) in [4.78, 5) is 8.86. The summed E-state index contributed by atoms with van der Waals surface area (Å²) in [6.45, 7) is 10.6. The van der Waals surface area contributed by atoms with Crippen molar-refractivity contribution in [2.75, 3.05) is 26.9 Å². The Kier molecular flexibility index (Phi) is 30.7. The maximum absolute atomic E-state index is 8.86. The van der Waals surface area contributed by atoms with Crippen LogP contribution in [0.1, 0.15) is 41.0 Å². The summed E-state index contributed by atoms with van der Waals surface area (Å²) >= 11 is 0. The van der Waals surface area contributed by atoms with E-state index in [1.165, 1.54) is 7.11 Å². The van der Waals surface area contributed by atoms with Crippen molar-refractivity contribution >= 4 is 8.60 Å². The first kappa shape index (κ1) is 27.3. The van der Waals surface area contributed by atoms with E-state index in [9.17, 15) is 0 Å². The van der Waals surface area contributed by atoms with Gasteiger partial charge in [0.05, 0.1) is 13.2 Å². The summed E-state index contributed by atoms with van der Waals surface area (Å²) in [5, 5.41) is 8.78. The van der Waals surface area contributed by atoms with E-state index in [0.29, 0.717) is 13.2 Å². The van der Waals surface area contributed by atoms with Gasteiger partial charge >= 0.3 is 8.60 Å². The molecule has 114 valence electrons. The van der Waals surface area contributed by atoms with Crippen LogP contribution in [-0.4, -0.2) is 36.9 Å². The fraction of sp³-hybridized carbons (Fsp3) is 1.00. The Morgan fingerprint density at radius 1 is 1.28 bits per heavy atom. The van der Waals surface area contributed by atoms with E-state index in [1.54, 1.807) is 0 Å². The first-order valence-corrected chi connectivity index (χ1v) is 6.98. The normalized spacial score (nSPS) is 11.2. The summed E-state index contributed by atoms with van der Waals surface area (Å²) in [6.07, 6.45) is 0.986. The first-order chi connectivity index (χ1) is 7.93. The van der Waals surface area contributed by atoms with Gasteiger partial charge in [0.25, 0.3) is 0 Å². The van der Waals surface area contributed by atoms with Crippen LogP contribution in [-0.2, 0) is 30.1 Å². The average molecular weight is 454 g/mol. The first-order valence-electron chi connectivity index (χ1n) is 5.85. The van der Waals surface area contributed by atoms with Crippen molar-refractivity contribution in [1.82, 2.24) is 0 Å². The van der Waals surface area contributed by atoms with Gasteiger partial charge in [0.1, 0.15) is 0 Å². The van der Waals surface area contributed by atoms with E-state index in [1.807, 2.05) is 34.6 Å². The Labute approximate surface area is 128 Å². The number of hydrogen-bond donors (Lipinski definition) is 2. The van der Waals surface area contributed by atoms with Crippen LogP contribution < -0.4 is 0 Å². The van der Waals surface area contributed by atoms with Gasteiger partial charge in [-0.05, 0) is 0 Å². The molecule has 0 heterocycles. The number of aliphatic hydroxyl groups excluding tert-OH is 1. The van der Waals surface area contributed by atoms with Gasteiger partial charge in [0, 0.05) is 33.6 Å². The molecule has 0 aliphatic carbocycles. The molecule has 0 fully saturated rings. The average Bonchev–Trinajstić information content (AvgIpc) is 2.38. The van der Waals surface area contributed by atoms with E-state index in [0.717, 1.165) is 6.42 Å². The van der Waals surface area contributed by atoms with Gasteiger partial charge in [-0.15, -0.1) is 0 Å². The van der Waals surface area contributed by atoms with Crippen LogP contribution in [0, 0.1) is 5.41 Å². The van der Waals surface area contributed by atoms with Gasteiger partial charge in [-0.2, -0.15) is 6.54 Å². The summed E-state index contributed by atoms with van der Waals surface area (Å²) in [6, 6.07) is 0. The SMILES string of the molecule is CC.CCC[NH-].COP(O)OCC(C)(C)CO.[W]. The fourth-order valence-electron chi connectivity index (χ4n) is 0.328. The molecule has 0 rings (SSSR count). The van der Waals surface area contributed by atoms with Crippen LogP contribution in [0.2, 0.25) is 0 Å². The van der Waals surface area contributed by atoms with Crippen molar-refractivity contribution in [3.63, 3.8) is 0 Å². The Morgan fingerprint density at radius 3 is 1.89 bits per heavy atom. The minimum Gasteiger partial charge on any atom is -0.677 e. The molecule has 0 radical (unpaired) electrons. The second kappa shape index (κ2) is 20.2. The molecule has 0 saturated carbocycles. The minimum absolute atomic E-state index is 0. The summed E-state index contributed by atoms with van der Waals surface area (Å²) in [5.74, 6) is 0. The van der Waals surface area contributed by atoms with Crippen molar-refractivity contribution in [3.8, 4) is 0 Å². The van der Waals surface area contributed by atoms with Gasteiger partial charge in [-0.1, -0.05) is 41.0 Å². The smallest absolute Gasteiger partial charge is 0.329 e. The van der Waals surface area contributed by atoms with Crippen LogP contribution in [0.3, 0.4) is 0 Å². The largest absolute Gasteiger partial charge is 0.677 e. The van der Waals surface area contributed by atoms with Gasteiger partial charge < -0.3 is 24.8 Å². The molecule has 18 heavy (non-hydrogen) atoms. The molecular formula is C11H29NO4PW-. The zero-order chi connectivity index (χ0) is 14.3. The molecular weight excluding hydrogens is 425 g/mol. The Morgan fingerprint density at radius 2 is 1.67 bits per heavy atom. The molecule has 5 nitrogen and oxygen atoms in total. The van der Waals surface area contributed by atoms with Crippen LogP contribution in [0.15, 0.2) is 0 Å². The molecule has 0 aromatic heterocycles. The maximum atomic E-state index is 8.86. The van der Waals surface area contributed by atoms with Crippen LogP contribution in [0.25, 0.3) is 5.73 Å². The van der Waals surface area contributed by atoms with Gasteiger partial charge in [-0.3, -0.25) is 0 Å². The second-order valence-corrected chi connectivity index (χ2v) is 4.87. The predicted molar refractivity (Wildman–Crippen MR) is 73.8 cm³/mol. The van der Waals surface area contributed by atoms with Crippen molar-refractivity contribution < 1.29 is 40.1 Å². The Hall–Kier alpha value is 0.918. The van der Waals surface area contributed by atoms with Crippen molar-refractivity contribution in [3.05, 3.63) is 5.73 Å². The third kappa shape index (κ3) is 25.7. The molecule has 0 spiro atoms. The second-order valence-electron chi connectivity index (χ2n) is 3.77. The quantitative estimate of drug-likeness (QED) is 0.604. The molecule has 0 aromatic rings. The summed E-state index contributed by atoms with van der Waals surface area (Å²) in [7, 11) is -0.387. The van der Waals surface area contributed by atoms with Crippen LogP contribution in [0.5, 0.6) is 0 Å². The molecule has 1 unspecified atom stereocenters. The number of nitrogens with one attached hydrogen (secondary N) is 1. The molecule has 0 aliphatic heterocycles. The van der Waals surface area contributed by atoms with E-state index >= 15 is 0 Å². The van der Waals surface area contributed by atoms with Crippen molar-refractivity contribution in [2.45, 2.75) is 41.0 Å². The molecule has 0 amide bonds. The molecule has 3 N–H and O–H groups in total. The molecule has 1 atom stereocenters. The molecule has 7 heteroatoms. The number of hydrogen-bond acceptors (Lipinski definition) is 4. The number of aliphatic hydroxyl groups is 1. The monoisotopic (exact) mass is 454 g/mol. The summed E-state index contributed by atoms with van der Waals surface area (Å²) < 4.78 is 9.39. The molecule has 0 aliphatic rings. The van der Waals surface area contributed by atoms with Gasteiger partial charge in [-0.25, -0.2) is 0 Å². The van der Waals surface area contributed by atoms with E-state index in [2.05, 4.69) is 4.52 Å². The van der Waals surface area contributed by atoms with Gasteiger partial charge in [0.2, 0.25) is 0 Å².